The molecule has 92 valence electrons. The quantitative estimate of drug-likeness (QED) is 0.618. The van der Waals surface area contributed by atoms with Crippen LogP contribution in [0, 0.1) is 0 Å². The number of carbonyl (C=O) groups is 1. The van der Waals surface area contributed by atoms with E-state index in [1.807, 2.05) is 6.92 Å². The van der Waals surface area contributed by atoms with Gasteiger partial charge < -0.3 is 21.1 Å². The molecule has 0 aromatic rings. The molecule has 4 N–H and O–H groups in total. The van der Waals surface area contributed by atoms with E-state index in [9.17, 15) is 4.79 Å². The Morgan fingerprint density at radius 1 is 1.69 bits per heavy atom. The smallest absolute Gasteiger partial charge is 0.315 e. The topological polar surface area (TPSA) is 76.4 Å². The van der Waals surface area contributed by atoms with Gasteiger partial charge in [-0.15, -0.1) is 0 Å². The van der Waals surface area contributed by atoms with Crippen LogP contribution in [0.3, 0.4) is 0 Å². The van der Waals surface area contributed by atoms with Gasteiger partial charge in [0.1, 0.15) is 0 Å². The SMILES string of the molecule is CCC(CC(N)=S)NC(=O)NC1CCOC1. The number of nitrogens with one attached hydrogen (secondary N) is 2. The van der Waals surface area contributed by atoms with E-state index in [0.29, 0.717) is 18.0 Å². The number of amides is 2. The summed E-state index contributed by atoms with van der Waals surface area (Å²) >= 11 is 4.82. The highest BCUT2D eigenvalue weighted by Crippen LogP contribution is 2.03. The Bertz CT molecular complexity index is 254. The number of ether oxygens (including phenoxy) is 1. The Morgan fingerprint density at radius 3 is 2.94 bits per heavy atom. The average molecular weight is 245 g/mol. The van der Waals surface area contributed by atoms with E-state index in [0.717, 1.165) is 19.4 Å². The molecule has 6 heteroatoms. The fraction of sp³-hybridized carbons (Fsp3) is 0.800. The molecular formula is C10H19N3O2S. The maximum absolute atomic E-state index is 11.6. The van der Waals surface area contributed by atoms with Crippen LogP contribution in [-0.4, -0.2) is 36.3 Å². The molecule has 1 aliphatic heterocycles. The second kappa shape index (κ2) is 6.65. The Hall–Kier alpha value is -0.880. The number of thiocarbonyl (C=S) groups is 1. The van der Waals surface area contributed by atoms with Gasteiger partial charge in [0, 0.05) is 19.1 Å². The molecule has 2 amide bonds. The van der Waals surface area contributed by atoms with Crippen LogP contribution in [-0.2, 0) is 4.74 Å². The Morgan fingerprint density at radius 2 is 2.44 bits per heavy atom. The predicted octanol–water partition coefficient (Wildman–Crippen LogP) is 0.529. The van der Waals surface area contributed by atoms with Crippen molar-refractivity contribution in [2.24, 2.45) is 5.73 Å². The monoisotopic (exact) mass is 245 g/mol. The first-order valence-electron chi connectivity index (χ1n) is 5.55. The minimum absolute atomic E-state index is 0.0137. The molecule has 1 heterocycles. The van der Waals surface area contributed by atoms with Crippen molar-refractivity contribution in [3.63, 3.8) is 0 Å². The highest BCUT2D eigenvalue weighted by Gasteiger charge is 2.19. The Labute approximate surface area is 101 Å². The molecule has 0 aromatic heterocycles. The molecule has 0 saturated carbocycles. The first-order valence-corrected chi connectivity index (χ1v) is 5.95. The molecule has 0 aliphatic carbocycles. The van der Waals surface area contributed by atoms with Crippen molar-refractivity contribution in [2.75, 3.05) is 13.2 Å². The summed E-state index contributed by atoms with van der Waals surface area (Å²) in [6.45, 7) is 3.30. The van der Waals surface area contributed by atoms with Gasteiger partial charge in [-0.05, 0) is 12.8 Å². The molecular weight excluding hydrogens is 226 g/mol. The van der Waals surface area contributed by atoms with Gasteiger partial charge >= 0.3 is 6.03 Å². The van der Waals surface area contributed by atoms with Gasteiger partial charge in [0.15, 0.2) is 0 Å². The van der Waals surface area contributed by atoms with E-state index >= 15 is 0 Å². The molecule has 0 aromatic carbocycles. The van der Waals surface area contributed by atoms with Gasteiger partial charge in [-0.1, -0.05) is 19.1 Å². The van der Waals surface area contributed by atoms with Crippen LogP contribution in [0.2, 0.25) is 0 Å². The van der Waals surface area contributed by atoms with E-state index in [-0.39, 0.29) is 18.1 Å². The maximum atomic E-state index is 11.6. The number of nitrogens with two attached hydrogens (primary N) is 1. The van der Waals surface area contributed by atoms with Crippen LogP contribution in [0.5, 0.6) is 0 Å². The third-order valence-corrected chi connectivity index (χ3v) is 2.71. The summed E-state index contributed by atoms with van der Waals surface area (Å²) in [6, 6.07) is -0.0271. The van der Waals surface area contributed by atoms with Gasteiger partial charge in [0.05, 0.1) is 17.6 Å². The maximum Gasteiger partial charge on any atom is 0.315 e. The van der Waals surface area contributed by atoms with Gasteiger partial charge in [-0.3, -0.25) is 0 Å². The lowest BCUT2D eigenvalue weighted by Crippen LogP contribution is -2.47. The summed E-state index contributed by atoms with van der Waals surface area (Å²) in [5.41, 5.74) is 5.45. The molecule has 1 fully saturated rings. The molecule has 0 radical (unpaired) electrons. The van der Waals surface area contributed by atoms with Crippen molar-refractivity contribution in [1.29, 1.82) is 0 Å². The van der Waals surface area contributed by atoms with Crippen LogP contribution < -0.4 is 16.4 Å². The van der Waals surface area contributed by atoms with Crippen LogP contribution >= 0.6 is 12.2 Å². The second-order valence-corrected chi connectivity index (χ2v) is 4.48. The first-order chi connectivity index (χ1) is 7.61. The summed E-state index contributed by atoms with van der Waals surface area (Å²) in [5.74, 6) is 0. The van der Waals surface area contributed by atoms with Crippen molar-refractivity contribution in [1.82, 2.24) is 10.6 Å². The zero-order valence-electron chi connectivity index (χ0n) is 9.49. The molecule has 16 heavy (non-hydrogen) atoms. The van der Waals surface area contributed by atoms with Crippen LogP contribution in [0.15, 0.2) is 0 Å². The predicted molar refractivity (Wildman–Crippen MR) is 66.4 cm³/mol. The highest BCUT2D eigenvalue weighted by atomic mass is 32.1. The third-order valence-electron chi connectivity index (χ3n) is 2.54. The lowest BCUT2D eigenvalue weighted by atomic mass is 10.1. The Kier molecular flexibility index (Phi) is 5.48. The van der Waals surface area contributed by atoms with E-state index in [2.05, 4.69) is 10.6 Å². The minimum atomic E-state index is -0.168. The van der Waals surface area contributed by atoms with Crippen molar-refractivity contribution >= 4 is 23.2 Å². The van der Waals surface area contributed by atoms with Gasteiger partial charge in [-0.2, -0.15) is 0 Å². The highest BCUT2D eigenvalue weighted by molar-refractivity contribution is 7.80. The molecule has 2 unspecified atom stereocenters. The van der Waals surface area contributed by atoms with Crippen molar-refractivity contribution in [3.05, 3.63) is 0 Å². The molecule has 1 rings (SSSR count). The fourth-order valence-electron chi connectivity index (χ4n) is 1.60. The summed E-state index contributed by atoms with van der Waals surface area (Å²) in [7, 11) is 0. The average Bonchev–Trinajstić information content (AvgIpc) is 2.68. The largest absolute Gasteiger partial charge is 0.393 e. The zero-order chi connectivity index (χ0) is 12.0. The Balaban J connectivity index is 2.27. The minimum Gasteiger partial charge on any atom is -0.393 e. The zero-order valence-corrected chi connectivity index (χ0v) is 10.3. The summed E-state index contributed by atoms with van der Waals surface area (Å²) < 4.78 is 5.17. The second-order valence-electron chi connectivity index (χ2n) is 3.95. The standard InChI is InChI=1S/C10H19N3O2S/c1-2-7(5-9(11)16)12-10(14)13-8-3-4-15-6-8/h7-8H,2-6H2,1H3,(H2,11,16)(H2,12,13,14). The molecule has 1 aliphatic rings. The fourth-order valence-corrected chi connectivity index (χ4v) is 1.80. The van der Waals surface area contributed by atoms with Gasteiger partial charge in [0.25, 0.3) is 0 Å². The first kappa shape index (κ1) is 13.2. The number of rotatable bonds is 5. The van der Waals surface area contributed by atoms with Gasteiger partial charge in [0.2, 0.25) is 0 Å². The summed E-state index contributed by atoms with van der Waals surface area (Å²) in [6.07, 6.45) is 2.23. The molecule has 2 atom stereocenters. The lowest BCUT2D eigenvalue weighted by molar-refractivity contribution is 0.188. The lowest BCUT2D eigenvalue weighted by Gasteiger charge is -2.18. The third kappa shape index (κ3) is 4.76. The number of carbonyl (C=O) groups excluding carboxylic acids is 1. The number of hydrogen-bond donors (Lipinski definition) is 3. The normalized spacial score (nSPS) is 21.4. The van der Waals surface area contributed by atoms with Crippen LogP contribution in [0.1, 0.15) is 26.2 Å². The molecule has 0 spiro atoms. The van der Waals surface area contributed by atoms with E-state index in [4.69, 9.17) is 22.7 Å². The van der Waals surface area contributed by atoms with Gasteiger partial charge in [-0.25, -0.2) is 4.79 Å². The molecule has 0 bridgehead atoms. The van der Waals surface area contributed by atoms with E-state index < -0.39 is 0 Å². The van der Waals surface area contributed by atoms with Crippen molar-refractivity contribution < 1.29 is 9.53 Å². The summed E-state index contributed by atoms with van der Waals surface area (Å²) in [5, 5.41) is 5.71. The number of hydrogen-bond acceptors (Lipinski definition) is 3. The van der Waals surface area contributed by atoms with Crippen LogP contribution in [0.4, 0.5) is 4.79 Å². The van der Waals surface area contributed by atoms with E-state index in [1.165, 1.54) is 0 Å². The molecule has 1 saturated heterocycles. The van der Waals surface area contributed by atoms with E-state index in [1.54, 1.807) is 0 Å². The summed E-state index contributed by atoms with van der Waals surface area (Å²) in [4.78, 5) is 12.0. The van der Waals surface area contributed by atoms with Crippen molar-refractivity contribution in [3.8, 4) is 0 Å². The van der Waals surface area contributed by atoms with Crippen molar-refractivity contribution in [2.45, 2.75) is 38.3 Å². The number of urea groups is 1. The molecule has 5 nitrogen and oxygen atoms in total. The van der Waals surface area contributed by atoms with Crippen LogP contribution in [0.25, 0.3) is 0 Å².